The van der Waals surface area contributed by atoms with E-state index in [1.54, 1.807) is 0 Å². The van der Waals surface area contributed by atoms with Crippen molar-refractivity contribution in [3.05, 3.63) is 35.8 Å². The van der Waals surface area contributed by atoms with Crippen LogP contribution in [-0.4, -0.2) is 81.6 Å². The van der Waals surface area contributed by atoms with Crippen LogP contribution in [0.15, 0.2) is 34.2 Å². The Bertz CT molecular complexity index is 802. The molecule has 0 unspecified atom stereocenters. The van der Waals surface area contributed by atoms with Crippen LogP contribution in [0, 0.1) is 6.58 Å². The number of halogens is 6. The van der Waals surface area contributed by atoms with Gasteiger partial charge in [-0.05, 0) is 0 Å². The monoisotopic (exact) mass is 565 g/mol. The van der Waals surface area contributed by atoms with Gasteiger partial charge in [-0.1, -0.05) is 6.08 Å². The summed E-state index contributed by atoms with van der Waals surface area (Å²) in [5.74, 6) is 0. The Hall–Kier alpha value is -1.73. The molecule has 0 aliphatic carbocycles. The average molecular weight is 565 g/mol. The van der Waals surface area contributed by atoms with Gasteiger partial charge in [0.1, 0.15) is 0 Å². The van der Waals surface area contributed by atoms with E-state index >= 15 is 0 Å². The third-order valence-corrected chi connectivity index (χ3v) is 5.57. The second-order valence-corrected chi connectivity index (χ2v) is 7.71. The van der Waals surface area contributed by atoms with Crippen LogP contribution in [0.2, 0.25) is 0 Å². The van der Waals surface area contributed by atoms with E-state index in [0.717, 1.165) is 16.6 Å². The van der Waals surface area contributed by atoms with Crippen molar-refractivity contribution in [2.75, 3.05) is 33.2 Å². The van der Waals surface area contributed by atoms with E-state index in [1.165, 1.54) is 25.3 Å². The van der Waals surface area contributed by atoms with Crippen molar-refractivity contribution in [2.24, 2.45) is 4.99 Å². The Morgan fingerprint density at radius 2 is 1.58 bits per heavy atom. The number of carbonyl (C=O) groups excluding carboxylic acids is 1. The fourth-order valence-electron chi connectivity index (χ4n) is 2.29. The Balaban J connectivity index is 0.00000900. The summed E-state index contributed by atoms with van der Waals surface area (Å²) in [6.45, 7) is 3.46. The van der Waals surface area contributed by atoms with Crippen molar-refractivity contribution in [3.63, 3.8) is 0 Å². The van der Waals surface area contributed by atoms with Crippen LogP contribution in [0.5, 0.6) is 0 Å². The Morgan fingerprint density at radius 1 is 1.06 bits per heavy atom. The number of amides is 1. The largest absolute Gasteiger partial charge is 0.434 e. The number of sulfonamides is 1. The summed E-state index contributed by atoms with van der Waals surface area (Å²) in [7, 11) is -2.76. The number of allylic oxidation sites excluding steroid dienone is 5. The number of aliphatic imine (C=N–C) groups is 1. The number of alkyl halides is 6. The molecule has 0 saturated carbocycles. The van der Waals surface area contributed by atoms with E-state index in [0.29, 0.717) is 4.90 Å². The van der Waals surface area contributed by atoms with Gasteiger partial charge in [-0.25, -0.2) is 25.4 Å². The van der Waals surface area contributed by atoms with Gasteiger partial charge in [0.15, 0.2) is 0 Å². The van der Waals surface area contributed by atoms with Crippen LogP contribution in [0.25, 0.3) is 0 Å². The van der Waals surface area contributed by atoms with Crippen molar-refractivity contribution in [2.45, 2.75) is 18.5 Å². The van der Waals surface area contributed by atoms with Crippen LogP contribution >= 0.6 is 0 Å². The maximum atomic E-state index is 12.6. The van der Waals surface area contributed by atoms with E-state index in [-0.39, 0.29) is 37.5 Å². The van der Waals surface area contributed by atoms with Crippen molar-refractivity contribution >= 4 is 22.3 Å². The average Bonchev–Trinajstić information content (AvgIpc) is 2.63. The first-order valence-corrected chi connectivity index (χ1v) is 9.62. The molecule has 1 rings (SSSR count). The Morgan fingerprint density at radius 3 is 2.00 bits per heavy atom. The van der Waals surface area contributed by atoms with E-state index in [1.807, 2.05) is 0 Å². The molecule has 0 aromatic rings. The molecule has 0 N–H and O–H groups in total. The molecule has 31 heavy (non-hydrogen) atoms. The number of ether oxygens (including phenoxy) is 1. The number of hydrogen-bond donors (Lipinski definition) is 0. The van der Waals surface area contributed by atoms with Gasteiger partial charge in [-0.3, -0.25) is 11.6 Å². The topological polar surface area (TPSA) is 79.3 Å². The number of nitrogens with zero attached hydrogens (tertiary/aromatic N) is 3. The van der Waals surface area contributed by atoms with Crippen molar-refractivity contribution in [1.29, 1.82) is 0 Å². The molecule has 0 aromatic heterocycles. The fraction of sp³-hybridized carbons (Fsp3) is 0.500. The maximum absolute atomic E-state index is 12.6. The summed E-state index contributed by atoms with van der Waals surface area (Å²) in [6, 6.07) is 0. The predicted molar refractivity (Wildman–Crippen MR) is 95.0 cm³/mol. The third-order valence-electron chi connectivity index (χ3n) is 3.69. The molecule has 0 atom stereocenters. The molecule has 1 radical (unpaired) electrons. The minimum absolute atomic E-state index is 0. The molecule has 179 valence electrons. The molecule has 7 nitrogen and oxygen atoms in total. The van der Waals surface area contributed by atoms with Gasteiger partial charge < -0.3 is 9.64 Å². The Kier molecular flexibility index (Phi) is 11.1. The standard InChI is InChI=1S/C16H18F6N3O4S.Rh/c1-3-4-5-6-12(11-23-2)30(27,28)25-9-7-24(8-10-25)14(26)29-13(15(17,18)19)16(20,21)22;/h1,3-6,11,13H,7-10H2,2H3;/q-1;/b5-4-,12-6+,23-11?;. The molecule has 1 fully saturated rings. The van der Waals surface area contributed by atoms with Gasteiger partial charge in [-0.2, -0.15) is 30.6 Å². The summed E-state index contributed by atoms with van der Waals surface area (Å²) in [5, 5.41) is 0. The van der Waals surface area contributed by atoms with Crippen molar-refractivity contribution in [3.8, 4) is 0 Å². The molecule has 1 aliphatic heterocycles. The summed E-state index contributed by atoms with van der Waals surface area (Å²) in [4.78, 5) is 15.7. The van der Waals surface area contributed by atoms with Gasteiger partial charge >= 0.3 is 18.4 Å². The molecular weight excluding hydrogens is 547 g/mol. The fourth-order valence-corrected chi connectivity index (χ4v) is 3.72. The van der Waals surface area contributed by atoms with Gasteiger partial charge in [-0.15, -0.1) is 6.08 Å². The normalized spacial score (nSPS) is 17.3. The molecule has 0 aromatic carbocycles. The Labute approximate surface area is 187 Å². The minimum atomic E-state index is -5.84. The summed E-state index contributed by atoms with van der Waals surface area (Å²) >= 11 is 0. The minimum Gasteiger partial charge on any atom is -0.426 e. The number of hydrogen-bond acceptors (Lipinski definition) is 5. The van der Waals surface area contributed by atoms with Crippen LogP contribution in [0.1, 0.15) is 0 Å². The van der Waals surface area contributed by atoms with E-state index < -0.39 is 47.7 Å². The molecule has 1 amide bonds. The van der Waals surface area contributed by atoms with E-state index in [9.17, 15) is 39.6 Å². The van der Waals surface area contributed by atoms with E-state index in [4.69, 9.17) is 6.58 Å². The molecule has 1 saturated heterocycles. The molecule has 0 bridgehead atoms. The van der Waals surface area contributed by atoms with Gasteiger partial charge in [0, 0.05) is 58.9 Å². The smallest absolute Gasteiger partial charge is 0.426 e. The van der Waals surface area contributed by atoms with Gasteiger partial charge in [0.25, 0.3) is 6.10 Å². The second kappa shape index (κ2) is 11.8. The predicted octanol–water partition coefficient (Wildman–Crippen LogP) is 2.69. The van der Waals surface area contributed by atoms with Crippen molar-refractivity contribution < 1.29 is 63.8 Å². The van der Waals surface area contributed by atoms with Crippen molar-refractivity contribution in [1.82, 2.24) is 9.21 Å². The number of carbonyl (C=O) groups is 1. The van der Waals surface area contributed by atoms with Crippen LogP contribution in [0.3, 0.4) is 0 Å². The first kappa shape index (κ1) is 29.3. The maximum Gasteiger partial charge on any atom is 0.434 e. The third kappa shape index (κ3) is 8.38. The number of rotatable bonds is 6. The van der Waals surface area contributed by atoms with Gasteiger partial charge in [0.2, 0.25) is 10.0 Å². The van der Waals surface area contributed by atoms with Gasteiger partial charge in [0.05, 0.1) is 4.91 Å². The summed E-state index contributed by atoms with van der Waals surface area (Å²) < 4.78 is 105. The first-order valence-electron chi connectivity index (χ1n) is 8.18. The summed E-state index contributed by atoms with van der Waals surface area (Å²) in [6.07, 6.45) is -11.7. The summed E-state index contributed by atoms with van der Waals surface area (Å²) in [5.41, 5.74) is 0. The quantitative estimate of drug-likeness (QED) is 0.163. The zero-order chi connectivity index (χ0) is 23.2. The van der Waals surface area contributed by atoms with Crippen LogP contribution in [0.4, 0.5) is 31.1 Å². The molecular formula is C16H18F6N3O4RhS-. The zero-order valence-corrected chi connectivity index (χ0v) is 18.3. The molecule has 1 aliphatic rings. The molecule has 0 spiro atoms. The van der Waals surface area contributed by atoms with Crippen LogP contribution in [-0.2, 0) is 34.2 Å². The molecule has 15 heteroatoms. The SMILES string of the molecule is [CH-]=C/C=C\C=C(/C=NC)S(=O)(=O)N1CCN(C(=O)OC(C(F)(F)F)C(F)(F)F)CC1.[Rh]. The van der Waals surface area contributed by atoms with Crippen LogP contribution < -0.4 is 0 Å². The van der Waals surface area contributed by atoms with E-state index in [2.05, 4.69) is 9.73 Å². The first-order chi connectivity index (χ1) is 13.7. The molecule has 1 heterocycles. The number of piperazine rings is 1. The second-order valence-electron chi connectivity index (χ2n) is 5.77. The zero-order valence-electron chi connectivity index (χ0n) is 15.9.